The van der Waals surface area contributed by atoms with Crippen molar-refractivity contribution in [3.8, 4) is 11.5 Å². The Labute approximate surface area is 109 Å². The van der Waals surface area contributed by atoms with Crippen molar-refractivity contribution in [1.82, 2.24) is 5.32 Å². The van der Waals surface area contributed by atoms with Gasteiger partial charge in [0.2, 0.25) is 0 Å². The molecule has 4 nitrogen and oxygen atoms in total. The zero-order valence-electron chi connectivity index (χ0n) is 11.5. The number of hydrogen-bond acceptors (Lipinski definition) is 4. The average molecular weight is 253 g/mol. The summed E-state index contributed by atoms with van der Waals surface area (Å²) >= 11 is 0. The van der Waals surface area contributed by atoms with Crippen molar-refractivity contribution in [1.29, 1.82) is 0 Å². The fourth-order valence-corrected chi connectivity index (χ4v) is 1.65. The van der Waals surface area contributed by atoms with E-state index in [-0.39, 0.29) is 0 Å². The Morgan fingerprint density at radius 3 is 2.50 bits per heavy atom. The molecule has 4 heteroatoms. The van der Waals surface area contributed by atoms with Crippen molar-refractivity contribution in [2.75, 3.05) is 40.5 Å². The molecular formula is C14H23NO3. The summed E-state index contributed by atoms with van der Waals surface area (Å²) in [6.45, 7) is 5.45. The average Bonchev–Trinajstić information content (AvgIpc) is 2.42. The molecule has 0 aliphatic rings. The highest BCUT2D eigenvalue weighted by atomic mass is 16.5. The van der Waals surface area contributed by atoms with Gasteiger partial charge >= 0.3 is 0 Å². The molecule has 0 amide bonds. The van der Waals surface area contributed by atoms with Crippen LogP contribution in [0.1, 0.15) is 12.5 Å². The summed E-state index contributed by atoms with van der Waals surface area (Å²) in [6, 6.07) is 5.95. The van der Waals surface area contributed by atoms with Crippen LogP contribution in [-0.4, -0.2) is 40.5 Å². The van der Waals surface area contributed by atoms with Gasteiger partial charge in [-0.05, 0) is 30.7 Å². The highest BCUT2D eigenvalue weighted by molar-refractivity contribution is 5.42. The quantitative estimate of drug-likeness (QED) is 0.682. The van der Waals surface area contributed by atoms with Crippen molar-refractivity contribution < 1.29 is 14.2 Å². The Bertz CT molecular complexity index is 342. The van der Waals surface area contributed by atoms with E-state index in [0.717, 1.165) is 44.2 Å². The van der Waals surface area contributed by atoms with E-state index in [9.17, 15) is 0 Å². The first kappa shape index (κ1) is 14.8. The van der Waals surface area contributed by atoms with Gasteiger partial charge in [0.1, 0.15) is 0 Å². The number of ether oxygens (including phenoxy) is 3. The van der Waals surface area contributed by atoms with E-state index in [0.29, 0.717) is 0 Å². The predicted molar refractivity (Wildman–Crippen MR) is 72.6 cm³/mol. The molecule has 1 aromatic rings. The van der Waals surface area contributed by atoms with Crippen LogP contribution in [0.15, 0.2) is 18.2 Å². The Balaban J connectivity index is 2.34. The molecule has 0 aromatic heterocycles. The zero-order valence-corrected chi connectivity index (χ0v) is 11.5. The summed E-state index contributed by atoms with van der Waals surface area (Å²) in [5.41, 5.74) is 1.19. The molecule has 0 unspecified atom stereocenters. The molecule has 0 aliphatic heterocycles. The number of nitrogens with one attached hydrogen (secondary N) is 1. The molecule has 0 fully saturated rings. The third-order valence-electron chi connectivity index (χ3n) is 2.66. The van der Waals surface area contributed by atoms with Crippen LogP contribution >= 0.6 is 0 Å². The smallest absolute Gasteiger partial charge is 0.160 e. The van der Waals surface area contributed by atoms with Crippen LogP contribution < -0.4 is 14.8 Å². The van der Waals surface area contributed by atoms with Crippen molar-refractivity contribution >= 4 is 0 Å². The highest BCUT2D eigenvalue weighted by Crippen LogP contribution is 2.27. The molecule has 0 aliphatic carbocycles. The van der Waals surface area contributed by atoms with E-state index in [1.54, 1.807) is 14.2 Å². The highest BCUT2D eigenvalue weighted by Gasteiger charge is 2.04. The molecule has 0 spiro atoms. The molecular weight excluding hydrogens is 230 g/mol. The van der Waals surface area contributed by atoms with Gasteiger partial charge in [-0.1, -0.05) is 13.0 Å². The number of hydrogen-bond donors (Lipinski definition) is 1. The van der Waals surface area contributed by atoms with Crippen LogP contribution in [-0.2, 0) is 11.2 Å². The lowest BCUT2D eigenvalue weighted by Gasteiger charge is -2.10. The molecule has 0 saturated carbocycles. The summed E-state index contributed by atoms with van der Waals surface area (Å²) in [5.74, 6) is 1.52. The molecule has 0 radical (unpaired) electrons. The van der Waals surface area contributed by atoms with Gasteiger partial charge in [0.15, 0.2) is 11.5 Å². The van der Waals surface area contributed by atoms with Crippen LogP contribution in [0.25, 0.3) is 0 Å². The summed E-state index contributed by atoms with van der Waals surface area (Å²) in [5, 5.41) is 3.22. The summed E-state index contributed by atoms with van der Waals surface area (Å²) in [7, 11) is 3.29. The molecule has 0 bridgehead atoms. The maximum Gasteiger partial charge on any atom is 0.160 e. The third kappa shape index (κ3) is 4.94. The number of likely N-dealkylation sites (N-methyl/N-ethyl adjacent to an activating group) is 1. The summed E-state index contributed by atoms with van der Waals surface area (Å²) in [4.78, 5) is 0. The van der Waals surface area contributed by atoms with Crippen LogP contribution in [0.5, 0.6) is 11.5 Å². The Hall–Kier alpha value is -1.26. The maximum absolute atomic E-state index is 5.54. The Morgan fingerprint density at radius 1 is 1.06 bits per heavy atom. The number of rotatable bonds is 9. The van der Waals surface area contributed by atoms with Gasteiger partial charge in [0.25, 0.3) is 0 Å². The van der Waals surface area contributed by atoms with E-state index >= 15 is 0 Å². The third-order valence-corrected chi connectivity index (χ3v) is 2.66. The molecule has 1 N–H and O–H groups in total. The minimum atomic E-state index is 0.723. The van der Waals surface area contributed by atoms with Gasteiger partial charge in [0.05, 0.1) is 27.4 Å². The van der Waals surface area contributed by atoms with Crippen molar-refractivity contribution in [2.24, 2.45) is 0 Å². The van der Waals surface area contributed by atoms with Gasteiger partial charge in [-0.15, -0.1) is 0 Å². The standard InChI is InChI=1S/C14H23NO3/c1-4-15-8-10-18-9-7-12-5-6-13(16-2)14(11-12)17-3/h5-6,11,15H,4,7-10H2,1-3H3. The van der Waals surface area contributed by atoms with Crippen LogP contribution in [0.2, 0.25) is 0 Å². The van der Waals surface area contributed by atoms with Crippen molar-refractivity contribution in [3.05, 3.63) is 23.8 Å². The zero-order chi connectivity index (χ0) is 13.2. The first-order valence-electron chi connectivity index (χ1n) is 6.31. The van der Waals surface area contributed by atoms with E-state index in [1.165, 1.54) is 5.56 Å². The van der Waals surface area contributed by atoms with E-state index < -0.39 is 0 Å². The van der Waals surface area contributed by atoms with Crippen LogP contribution in [0, 0.1) is 0 Å². The molecule has 1 aromatic carbocycles. The number of benzene rings is 1. The maximum atomic E-state index is 5.54. The Kier molecular flexibility index (Phi) is 7.22. The van der Waals surface area contributed by atoms with E-state index in [4.69, 9.17) is 14.2 Å². The van der Waals surface area contributed by atoms with Crippen LogP contribution in [0.3, 0.4) is 0 Å². The summed E-state index contributed by atoms with van der Waals surface area (Å²) < 4.78 is 16.0. The monoisotopic (exact) mass is 253 g/mol. The van der Waals surface area contributed by atoms with Gasteiger partial charge in [-0.25, -0.2) is 0 Å². The first-order valence-corrected chi connectivity index (χ1v) is 6.31. The SMILES string of the molecule is CCNCCOCCc1ccc(OC)c(OC)c1. The van der Waals surface area contributed by atoms with Gasteiger partial charge in [-0.2, -0.15) is 0 Å². The topological polar surface area (TPSA) is 39.7 Å². The lowest BCUT2D eigenvalue weighted by atomic mass is 10.1. The van der Waals surface area contributed by atoms with E-state index in [2.05, 4.69) is 12.2 Å². The van der Waals surface area contributed by atoms with Crippen LogP contribution in [0.4, 0.5) is 0 Å². The largest absolute Gasteiger partial charge is 0.493 e. The van der Waals surface area contributed by atoms with Gasteiger partial charge in [0, 0.05) is 6.54 Å². The first-order chi connectivity index (χ1) is 8.81. The van der Waals surface area contributed by atoms with Crippen molar-refractivity contribution in [3.63, 3.8) is 0 Å². The molecule has 0 heterocycles. The van der Waals surface area contributed by atoms with E-state index in [1.807, 2.05) is 18.2 Å². The normalized spacial score (nSPS) is 10.4. The Morgan fingerprint density at radius 2 is 1.83 bits per heavy atom. The lowest BCUT2D eigenvalue weighted by Crippen LogP contribution is -2.19. The lowest BCUT2D eigenvalue weighted by molar-refractivity contribution is 0.139. The number of methoxy groups -OCH3 is 2. The van der Waals surface area contributed by atoms with Gasteiger partial charge in [-0.3, -0.25) is 0 Å². The second-order valence-electron chi connectivity index (χ2n) is 3.91. The fourth-order valence-electron chi connectivity index (χ4n) is 1.65. The predicted octanol–water partition coefficient (Wildman–Crippen LogP) is 1.87. The van der Waals surface area contributed by atoms with Gasteiger partial charge < -0.3 is 19.5 Å². The second-order valence-corrected chi connectivity index (χ2v) is 3.91. The minimum Gasteiger partial charge on any atom is -0.493 e. The molecule has 102 valence electrons. The molecule has 1 rings (SSSR count). The molecule has 0 atom stereocenters. The summed E-state index contributed by atoms with van der Waals surface area (Å²) in [6.07, 6.45) is 0.881. The molecule has 18 heavy (non-hydrogen) atoms. The van der Waals surface area contributed by atoms with Crippen molar-refractivity contribution in [2.45, 2.75) is 13.3 Å². The molecule has 0 saturated heterocycles. The minimum absolute atomic E-state index is 0.723. The fraction of sp³-hybridized carbons (Fsp3) is 0.571. The second kappa shape index (κ2) is 8.78.